The Kier molecular flexibility index (Phi) is 1.61. The van der Waals surface area contributed by atoms with Gasteiger partial charge in [0.1, 0.15) is 0 Å². The van der Waals surface area contributed by atoms with Crippen LogP contribution in [0.1, 0.15) is 18.2 Å². The molecule has 2 heteroatoms. The van der Waals surface area contributed by atoms with Crippen molar-refractivity contribution in [2.45, 2.75) is 6.92 Å². The van der Waals surface area contributed by atoms with Gasteiger partial charge in [-0.3, -0.25) is 4.68 Å². The quantitative estimate of drug-likeness (QED) is 0.568. The highest BCUT2D eigenvalue weighted by Gasteiger charge is 2.05. The first kappa shape index (κ1) is 7.35. The minimum Gasteiger partial charge on any atom is -0.268 e. The summed E-state index contributed by atoms with van der Waals surface area (Å²) in [5, 5.41) is 4.18. The fourth-order valence-corrected chi connectivity index (χ4v) is 1.36. The Morgan fingerprint density at radius 3 is 2.92 bits per heavy atom. The molecule has 1 aromatic rings. The molecular formula is C10H12N2. The molecule has 0 aromatic carbocycles. The predicted octanol–water partition coefficient (Wildman–Crippen LogP) is 2.10. The van der Waals surface area contributed by atoms with Crippen LogP contribution in [-0.2, 0) is 7.05 Å². The Hall–Kier alpha value is -1.31. The van der Waals surface area contributed by atoms with Crippen molar-refractivity contribution in [3.05, 3.63) is 29.6 Å². The first-order valence-electron chi connectivity index (χ1n) is 4.16. The third-order valence-electron chi connectivity index (χ3n) is 2.15. The molecular weight excluding hydrogens is 148 g/mol. The van der Waals surface area contributed by atoms with Crippen LogP contribution < -0.4 is 0 Å². The summed E-state index contributed by atoms with van der Waals surface area (Å²) in [6, 6.07) is 0. The Bertz CT molecular complexity index is 345. The largest absolute Gasteiger partial charge is 0.268 e. The first-order chi connectivity index (χ1) is 5.77. The maximum Gasteiger partial charge on any atom is 0.0675 e. The predicted molar refractivity (Wildman–Crippen MR) is 50.4 cm³/mol. The number of aromatic nitrogens is 2. The van der Waals surface area contributed by atoms with Gasteiger partial charge in [0.15, 0.2) is 0 Å². The van der Waals surface area contributed by atoms with Crippen LogP contribution in [0, 0.1) is 5.92 Å². The smallest absolute Gasteiger partial charge is 0.0675 e. The fraction of sp³-hybridized carbons (Fsp3) is 0.300. The van der Waals surface area contributed by atoms with E-state index in [0.29, 0.717) is 5.92 Å². The van der Waals surface area contributed by atoms with Crippen LogP contribution in [0.15, 0.2) is 18.3 Å². The highest BCUT2D eigenvalue weighted by atomic mass is 15.3. The Balaban J connectivity index is 2.54. The molecule has 1 heterocycles. The van der Waals surface area contributed by atoms with E-state index < -0.39 is 0 Å². The highest BCUT2D eigenvalue weighted by Crippen LogP contribution is 2.18. The second kappa shape index (κ2) is 2.63. The minimum absolute atomic E-state index is 0.525. The van der Waals surface area contributed by atoms with Crippen LogP contribution in [0.25, 0.3) is 12.2 Å². The van der Waals surface area contributed by atoms with Gasteiger partial charge in [-0.15, -0.1) is 0 Å². The van der Waals surface area contributed by atoms with Crippen LogP contribution in [0.4, 0.5) is 0 Å². The fourth-order valence-electron chi connectivity index (χ4n) is 1.36. The van der Waals surface area contributed by atoms with E-state index in [2.05, 4.69) is 36.3 Å². The van der Waals surface area contributed by atoms with Crippen molar-refractivity contribution < 1.29 is 0 Å². The van der Waals surface area contributed by atoms with Crippen molar-refractivity contribution in [3.8, 4) is 0 Å². The first-order valence-corrected chi connectivity index (χ1v) is 4.16. The van der Waals surface area contributed by atoms with Crippen LogP contribution in [0.3, 0.4) is 0 Å². The van der Waals surface area contributed by atoms with Crippen LogP contribution in [-0.4, -0.2) is 9.78 Å². The number of aryl methyl sites for hydroxylation is 1. The molecule has 1 aliphatic carbocycles. The van der Waals surface area contributed by atoms with Gasteiger partial charge in [-0.1, -0.05) is 25.2 Å². The molecule has 1 atom stereocenters. The number of fused-ring (bicyclic) bond motifs is 1. The second-order valence-electron chi connectivity index (χ2n) is 3.19. The van der Waals surface area contributed by atoms with E-state index in [1.165, 1.54) is 11.3 Å². The molecule has 1 aromatic heterocycles. The number of allylic oxidation sites excluding steroid dienone is 2. The summed E-state index contributed by atoms with van der Waals surface area (Å²) >= 11 is 0. The number of hydrogen-bond acceptors (Lipinski definition) is 1. The summed E-state index contributed by atoms with van der Waals surface area (Å²) in [7, 11) is 1.97. The Morgan fingerprint density at radius 1 is 1.33 bits per heavy atom. The summed E-state index contributed by atoms with van der Waals surface area (Å²) in [5.74, 6) is 0.525. The molecule has 0 saturated carbocycles. The van der Waals surface area contributed by atoms with E-state index in [-0.39, 0.29) is 0 Å². The molecule has 1 unspecified atom stereocenters. The molecule has 2 rings (SSSR count). The molecule has 2 nitrogen and oxygen atoms in total. The lowest BCUT2D eigenvalue weighted by molar-refractivity contribution is 0.759. The van der Waals surface area contributed by atoms with Gasteiger partial charge in [0.05, 0.1) is 11.9 Å². The van der Waals surface area contributed by atoms with Gasteiger partial charge >= 0.3 is 0 Å². The number of nitrogens with zero attached hydrogens (tertiary/aromatic N) is 2. The van der Waals surface area contributed by atoms with Gasteiger partial charge in [-0.2, -0.15) is 5.10 Å². The van der Waals surface area contributed by atoms with E-state index in [1.54, 1.807) is 0 Å². The van der Waals surface area contributed by atoms with Gasteiger partial charge in [0, 0.05) is 12.6 Å². The lowest BCUT2D eigenvalue weighted by atomic mass is 10.2. The summed E-state index contributed by atoms with van der Waals surface area (Å²) in [4.78, 5) is 0. The van der Waals surface area contributed by atoms with Crippen molar-refractivity contribution in [2.75, 3.05) is 0 Å². The molecule has 0 bridgehead atoms. The third-order valence-corrected chi connectivity index (χ3v) is 2.15. The van der Waals surface area contributed by atoms with E-state index in [1.807, 2.05) is 17.9 Å². The molecule has 62 valence electrons. The van der Waals surface area contributed by atoms with Gasteiger partial charge in [0.2, 0.25) is 0 Å². The van der Waals surface area contributed by atoms with Crippen molar-refractivity contribution in [1.29, 1.82) is 0 Å². The molecule has 12 heavy (non-hydrogen) atoms. The van der Waals surface area contributed by atoms with Crippen molar-refractivity contribution in [3.63, 3.8) is 0 Å². The molecule has 0 spiro atoms. The summed E-state index contributed by atoms with van der Waals surface area (Å²) in [6.45, 7) is 2.17. The Labute approximate surface area is 72.2 Å². The molecule has 0 amide bonds. The molecule has 1 aliphatic rings. The monoisotopic (exact) mass is 160 g/mol. The Morgan fingerprint density at radius 2 is 2.08 bits per heavy atom. The highest BCUT2D eigenvalue weighted by molar-refractivity contribution is 5.64. The summed E-state index contributed by atoms with van der Waals surface area (Å²) in [6.07, 6.45) is 10.5. The second-order valence-corrected chi connectivity index (χ2v) is 3.19. The summed E-state index contributed by atoms with van der Waals surface area (Å²) < 4.78 is 1.90. The number of hydrogen-bond donors (Lipinski definition) is 0. The molecule has 0 radical (unpaired) electrons. The van der Waals surface area contributed by atoms with Crippen molar-refractivity contribution in [1.82, 2.24) is 9.78 Å². The minimum atomic E-state index is 0.525. The lowest BCUT2D eigenvalue weighted by Gasteiger charge is -1.94. The normalized spacial score (nSPS) is 20.7. The summed E-state index contributed by atoms with van der Waals surface area (Å²) in [5.41, 5.74) is 2.40. The SMILES string of the molecule is CC1C=Cc2cnn(C)c2C=C1. The van der Waals surface area contributed by atoms with Crippen LogP contribution in [0.2, 0.25) is 0 Å². The maximum absolute atomic E-state index is 4.18. The van der Waals surface area contributed by atoms with E-state index in [4.69, 9.17) is 0 Å². The molecule has 0 N–H and O–H groups in total. The van der Waals surface area contributed by atoms with Gasteiger partial charge < -0.3 is 0 Å². The average Bonchev–Trinajstić information content (AvgIpc) is 2.28. The maximum atomic E-state index is 4.18. The van der Waals surface area contributed by atoms with Gasteiger partial charge in [-0.25, -0.2) is 0 Å². The lowest BCUT2D eigenvalue weighted by Crippen LogP contribution is -1.92. The van der Waals surface area contributed by atoms with E-state index >= 15 is 0 Å². The van der Waals surface area contributed by atoms with Crippen molar-refractivity contribution >= 4 is 12.2 Å². The van der Waals surface area contributed by atoms with Gasteiger partial charge in [0.25, 0.3) is 0 Å². The average molecular weight is 160 g/mol. The zero-order chi connectivity index (χ0) is 8.55. The zero-order valence-corrected chi connectivity index (χ0v) is 7.36. The zero-order valence-electron chi connectivity index (χ0n) is 7.36. The van der Waals surface area contributed by atoms with E-state index in [0.717, 1.165) is 0 Å². The number of rotatable bonds is 0. The standard InChI is InChI=1S/C10H12N2/c1-8-3-5-9-7-11-12(2)10(9)6-4-8/h3-8H,1-2H3. The topological polar surface area (TPSA) is 17.8 Å². The van der Waals surface area contributed by atoms with E-state index in [9.17, 15) is 0 Å². The molecule has 0 fully saturated rings. The van der Waals surface area contributed by atoms with Gasteiger partial charge in [-0.05, 0) is 12.0 Å². The van der Waals surface area contributed by atoms with Crippen molar-refractivity contribution in [2.24, 2.45) is 13.0 Å². The third kappa shape index (κ3) is 1.09. The molecule has 0 saturated heterocycles. The van der Waals surface area contributed by atoms with Crippen LogP contribution >= 0.6 is 0 Å². The van der Waals surface area contributed by atoms with Crippen LogP contribution in [0.5, 0.6) is 0 Å². The molecule has 0 aliphatic heterocycles.